The zero-order chi connectivity index (χ0) is 57.1. The highest BCUT2D eigenvalue weighted by Gasteiger charge is 2.36. The number of hydrogen-bond acceptors (Lipinski definition) is 14. The van der Waals surface area contributed by atoms with Crippen LogP contribution in [0.4, 0.5) is 0 Å². The number of H-pyrrole nitrogens is 1. The molecular weight excluding hydrogens is 985 g/mol. The zero-order valence-corrected chi connectivity index (χ0v) is 45.0. The van der Waals surface area contributed by atoms with Gasteiger partial charge in [-0.25, -0.2) is 4.79 Å². The second-order valence-corrected chi connectivity index (χ2v) is 20.2. The molecule has 2 aromatic rings. The summed E-state index contributed by atoms with van der Waals surface area (Å²) in [4.78, 5) is 137. The number of carbonyl (C=O) groups is 10. The van der Waals surface area contributed by atoms with Crippen LogP contribution < -0.4 is 71.2 Å². The molecule has 0 radical (unpaired) electrons. The number of nitrogens with one attached hydrogen (secondary N) is 9. The zero-order valence-electron chi connectivity index (χ0n) is 45.0. The number of benzene rings is 1. The monoisotopic (exact) mass is 1070 g/mol. The number of carboxylic acid groups (broad SMARTS) is 1. The molecule has 1 aromatic carbocycles. The van der Waals surface area contributed by atoms with Crippen molar-refractivity contribution in [2.24, 2.45) is 46.4 Å². The van der Waals surface area contributed by atoms with Crippen molar-refractivity contribution >= 4 is 70.0 Å². The predicted molar refractivity (Wildman–Crippen MR) is 286 cm³/mol. The average molecular weight is 1070 g/mol. The molecule has 0 fully saturated rings. The highest BCUT2D eigenvalue weighted by atomic mass is 16.4. The number of aromatic nitrogens is 1. The Hall–Kier alpha value is -6.70. The fraction of sp³-hybridized carbons (Fsp3) is 0.647. The molecule has 76 heavy (non-hydrogen) atoms. The highest BCUT2D eigenvalue weighted by molar-refractivity contribution is 5.99. The molecule has 1 aromatic heterocycles. The van der Waals surface area contributed by atoms with Crippen molar-refractivity contribution in [1.82, 2.24) is 47.5 Å². The van der Waals surface area contributed by atoms with Crippen molar-refractivity contribution in [3.8, 4) is 0 Å². The number of para-hydroxylation sites is 1. The first-order valence-electron chi connectivity index (χ1n) is 26.2. The van der Waals surface area contributed by atoms with Crippen LogP contribution in [0.1, 0.15) is 118 Å². The minimum Gasteiger partial charge on any atom is -0.480 e. The number of carboxylic acids is 1. The number of amides is 9. The van der Waals surface area contributed by atoms with Crippen LogP contribution in [0.15, 0.2) is 30.5 Å². The van der Waals surface area contributed by atoms with Gasteiger partial charge in [0.2, 0.25) is 53.2 Å². The third-order valence-corrected chi connectivity index (χ3v) is 12.5. The molecule has 0 saturated heterocycles. The number of hydrogen-bond donors (Lipinski definition) is 15. The lowest BCUT2D eigenvalue weighted by Gasteiger charge is -2.29. The lowest BCUT2D eigenvalue weighted by Crippen LogP contribution is -2.61. The SMILES string of the molecule is CC(C)C[C@H](NC(=O)[C@@H](NC(=O)[C@H](CCCCN)NC(=O)[C@H](CCCCN)NC(=O)[C@H](Cc1c[nH]c2ccccc12)NC(=O)[C@H](CC(N)=O)NC(=O)[C@@H](N)C(C)C)C(C)C)C(=O)NCC(=O)N[C@@H](CCCCN)C(=O)O. The summed E-state index contributed by atoms with van der Waals surface area (Å²) >= 11 is 0. The molecule has 25 nitrogen and oxygen atoms in total. The molecule has 25 heteroatoms. The fourth-order valence-corrected chi connectivity index (χ4v) is 8.09. The maximum Gasteiger partial charge on any atom is 0.326 e. The maximum absolute atomic E-state index is 14.5. The number of aliphatic carboxylic acids is 1. The fourth-order valence-electron chi connectivity index (χ4n) is 8.09. The summed E-state index contributed by atoms with van der Waals surface area (Å²) in [6, 6.07) is -2.90. The number of aromatic amines is 1. The van der Waals surface area contributed by atoms with Gasteiger partial charge in [0.15, 0.2) is 0 Å². The molecule has 0 spiro atoms. The number of carbonyl (C=O) groups excluding carboxylic acids is 9. The molecule has 426 valence electrons. The number of primary amides is 1. The van der Waals surface area contributed by atoms with Gasteiger partial charge in [-0.05, 0) is 113 Å². The number of nitrogens with two attached hydrogens (primary N) is 5. The highest BCUT2D eigenvalue weighted by Crippen LogP contribution is 2.20. The minimum absolute atomic E-state index is 0.0417. The number of unbranched alkanes of at least 4 members (excludes halogenated alkanes) is 3. The van der Waals surface area contributed by atoms with Crippen LogP contribution in [-0.4, -0.2) is 144 Å². The van der Waals surface area contributed by atoms with Gasteiger partial charge in [-0.1, -0.05) is 59.7 Å². The van der Waals surface area contributed by atoms with E-state index in [1.807, 2.05) is 32.0 Å². The van der Waals surface area contributed by atoms with E-state index < -0.39 is 126 Å². The van der Waals surface area contributed by atoms with E-state index in [9.17, 15) is 53.1 Å². The van der Waals surface area contributed by atoms with Gasteiger partial charge in [-0.3, -0.25) is 43.2 Å². The van der Waals surface area contributed by atoms with Crippen LogP contribution in [0.25, 0.3) is 10.9 Å². The molecule has 0 aliphatic rings. The van der Waals surface area contributed by atoms with Crippen LogP contribution in [0.5, 0.6) is 0 Å². The summed E-state index contributed by atoms with van der Waals surface area (Å²) in [5, 5.41) is 31.2. The Morgan fingerprint density at radius 3 is 1.55 bits per heavy atom. The van der Waals surface area contributed by atoms with Gasteiger partial charge in [0.1, 0.15) is 42.3 Å². The first-order chi connectivity index (χ1) is 35.9. The van der Waals surface area contributed by atoms with Gasteiger partial charge in [-0.15, -0.1) is 0 Å². The van der Waals surface area contributed by atoms with Crippen molar-refractivity contribution in [2.75, 3.05) is 26.2 Å². The normalized spacial score (nSPS) is 14.5. The molecule has 20 N–H and O–H groups in total. The summed E-state index contributed by atoms with van der Waals surface area (Å²) in [7, 11) is 0. The lowest BCUT2D eigenvalue weighted by atomic mass is 9.99. The van der Waals surface area contributed by atoms with Gasteiger partial charge >= 0.3 is 5.97 Å². The van der Waals surface area contributed by atoms with Gasteiger partial charge < -0.3 is 81.3 Å². The Kier molecular flexibility index (Phi) is 29.3. The summed E-state index contributed by atoms with van der Waals surface area (Å²) in [5.74, 6) is -9.37. The summed E-state index contributed by atoms with van der Waals surface area (Å²) < 4.78 is 0. The van der Waals surface area contributed by atoms with Crippen LogP contribution >= 0.6 is 0 Å². The lowest BCUT2D eigenvalue weighted by molar-refractivity contribution is -0.142. The van der Waals surface area contributed by atoms with E-state index in [4.69, 9.17) is 28.7 Å². The molecule has 0 aliphatic heterocycles. The molecule has 9 amide bonds. The van der Waals surface area contributed by atoms with Crippen LogP contribution in [-0.2, 0) is 54.4 Å². The largest absolute Gasteiger partial charge is 0.480 e. The molecule has 0 unspecified atom stereocenters. The van der Waals surface area contributed by atoms with Crippen LogP contribution in [0.3, 0.4) is 0 Å². The standard InChI is InChI=1S/C51H86N14O11/c1-28(2)23-37(44(68)58-27-41(67)59-36(51(75)76)19-11-14-22-54)64-50(74)43(30(5)6)65-46(70)35(18-10-13-21-53)60-45(69)34(17-9-12-20-52)61-47(71)38(24-31-26-57-33-16-8-7-15-32(31)33)62-48(72)39(25-40(55)66)63-49(73)42(56)29(3)4/h7-8,15-16,26,28-30,34-39,42-43,57H,9-14,17-25,27,52-54,56H2,1-6H3,(H2,55,66)(H,58,68)(H,59,67)(H,60,69)(H,61,71)(H,62,72)(H,63,73)(H,64,74)(H,65,70)(H,75,76)/t34-,35-,36-,37-,38-,39-,42-,43-/m0/s1. The molecular formula is C51H86N14O11. The van der Waals surface area contributed by atoms with Crippen LogP contribution in [0.2, 0.25) is 0 Å². The quantitative estimate of drug-likeness (QED) is 0.0334. The Balaban J connectivity index is 2.43. The van der Waals surface area contributed by atoms with E-state index in [1.54, 1.807) is 40.0 Å². The number of fused-ring (bicyclic) bond motifs is 1. The van der Waals surface area contributed by atoms with Gasteiger partial charge in [0.05, 0.1) is 19.0 Å². The van der Waals surface area contributed by atoms with E-state index >= 15 is 0 Å². The van der Waals surface area contributed by atoms with E-state index in [1.165, 1.54) is 0 Å². The van der Waals surface area contributed by atoms with Gasteiger partial charge in [0.25, 0.3) is 0 Å². The second kappa shape index (κ2) is 34.1. The summed E-state index contributed by atoms with van der Waals surface area (Å²) in [5.41, 5.74) is 30.0. The maximum atomic E-state index is 14.5. The Morgan fingerprint density at radius 2 is 1.04 bits per heavy atom. The third kappa shape index (κ3) is 23.0. The smallest absolute Gasteiger partial charge is 0.326 e. The molecule has 0 aliphatic carbocycles. The topological polar surface area (TPSA) is 433 Å². The van der Waals surface area contributed by atoms with Crippen molar-refractivity contribution in [1.29, 1.82) is 0 Å². The third-order valence-electron chi connectivity index (χ3n) is 12.5. The minimum atomic E-state index is -1.52. The molecule has 0 bridgehead atoms. The molecule has 1 heterocycles. The summed E-state index contributed by atoms with van der Waals surface area (Å²) in [6.45, 7) is 10.7. The van der Waals surface area contributed by atoms with E-state index in [0.717, 1.165) is 10.9 Å². The Labute approximate surface area is 445 Å². The molecule has 2 rings (SSSR count). The van der Waals surface area contributed by atoms with Gasteiger partial charge in [-0.2, -0.15) is 0 Å². The average Bonchev–Trinajstić information content (AvgIpc) is 3.77. The first-order valence-corrected chi connectivity index (χ1v) is 26.2. The predicted octanol–water partition coefficient (Wildman–Crippen LogP) is -1.75. The van der Waals surface area contributed by atoms with Crippen molar-refractivity contribution in [3.05, 3.63) is 36.0 Å². The van der Waals surface area contributed by atoms with E-state index in [0.29, 0.717) is 50.6 Å². The van der Waals surface area contributed by atoms with Gasteiger partial charge in [0, 0.05) is 23.5 Å². The van der Waals surface area contributed by atoms with Crippen molar-refractivity contribution in [2.45, 2.75) is 167 Å². The van der Waals surface area contributed by atoms with Crippen molar-refractivity contribution < 1.29 is 53.1 Å². The Bertz CT molecular complexity index is 2240. The summed E-state index contributed by atoms with van der Waals surface area (Å²) in [6.07, 6.45) is 3.96. The Morgan fingerprint density at radius 1 is 0.553 bits per heavy atom. The molecule has 0 saturated carbocycles. The van der Waals surface area contributed by atoms with E-state index in [-0.39, 0.29) is 57.0 Å². The molecule has 8 atom stereocenters. The van der Waals surface area contributed by atoms with Crippen molar-refractivity contribution in [3.63, 3.8) is 0 Å². The second-order valence-electron chi connectivity index (χ2n) is 20.2. The first kappa shape index (κ1) is 65.4. The van der Waals surface area contributed by atoms with E-state index in [2.05, 4.69) is 47.5 Å². The number of rotatable bonds is 37. The van der Waals surface area contributed by atoms with Crippen LogP contribution in [0, 0.1) is 17.8 Å².